The first-order valence-electron chi connectivity index (χ1n) is 10.5. The molecule has 4 unspecified atom stereocenters. The van der Waals surface area contributed by atoms with Crippen molar-refractivity contribution in [3.8, 4) is 5.75 Å². The number of aromatic hydroxyl groups is 1. The molecular formula is C24H19BrN2O6. The minimum atomic E-state index is -1.13. The molecule has 1 aromatic rings. The van der Waals surface area contributed by atoms with Gasteiger partial charge in [-0.3, -0.25) is 19.2 Å². The molecule has 1 fully saturated rings. The monoisotopic (exact) mass is 510 g/mol. The number of para-hydroxylation sites is 1. The molecule has 0 bridgehead atoms. The second kappa shape index (κ2) is 7.34. The Balaban J connectivity index is 1.73. The third kappa shape index (κ3) is 2.91. The van der Waals surface area contributed by atoms with Gasteiger partial charge in [-0.2, -0.15) is 4.90 Å². The Morgan fingerprint density at radius 3 is 2.58 bits per heavy atom. The van der Waals surface area contributed by atoms with Gasteiger partial charge in [0, 0.05) is 28.7 Å². The van der Waals surface area contributed by atoms with E-state index >= 15 is 0 Å². The molecule has 4 amide bonds. The predicted molar refractivity (Wildman–Crippen MR) is 119 cm³/mol. The first kappa shape index (κ1) is 21.5. The van der Waals surface area contributed by atoms with Gasteiger partial charge >= 0.3 is 6.03 Å². The molecule has 0 radical (unpaired) electrons. The smallest absolute Gasteiger partial charge is 0.328 e. The molecule has 3 N–H and O–H groups in total. The Kier molecular flexibility index (Phi) is 4.79. The molecule has 1 saturated heterocycles. The number of rotatable bonds is 1. The van der Waals surface area contributed by atoms with Crippen molar-refractivity contribution in [2.45, 2.75) is 25.7 Å². The van der Waals surface area contributed by atoms with E-state index in [4.69, 9.17) is 5.73 Å². The van der Waals surface area contributed by atoms with Gasteiger partial charge in [0.25, 0.3) is 0 Å². The number of Topliss-reactive ketones (excluding diaryl/α,β-unsaturated/α-hetero) is 1. The molecule has 33 heavy (non-hydrogen) atoms. The number of fused-ring (bicyclic) bond motifs is 3. The second-order valence-electron chi connectivity index (χ2n) is 8.76. The number of primary amides is 1. The Hall–Kier alpha value is -3.33. The third-order valence-electron chi connectivity index (χ3n) is 7.13. The van der Waals surface area contributed by atoms with Crippen molar-refractivity contribution in [1.82, 2.24) is 4.90 Å². The summed E-state index contributed by atoms with van der Waals surface area (Å²) in [5, 5.41) is 10.9. The number of hydrogen-bond donors (Lipinski definition) is 2. The number of amides is 4. The highest BCUT2D eigenvalue weighted by Crippen LogP contribution is 2.56. The fourth-order valence-corrected chi connectivity index (χ4v) is 6.14. The van der Waals surface area contributed by atoms with Crippen molar-refractivity contribution in [1.29, 1.82) is 0 Å². The molecular weight excluding hydrogens is 492 g/mol. The summed E-state index contributed by atoms with van der Waals surface area (Å²) in [6.45, 7) is 1.73. The number of nitrogens with zero attached hydrogens (tertiary/aromatic N) is 1. The van der Waals surface area contributed by atoms with Gasteiger partial charge in [0.05, 0.1) is 16.3 Å². The Morgan fingerprint density at radius 1 is 1.15 bits per heavy atom. The Labute approximate surface area is 196 Å². The molecule has 1 aliphatic heterocycles. The number of allylic oxidation sites excluding steroid dienone is 6. The van der Waals surface area contributed by atoms with Crippen LogP contribution in [-0.2, 0) is 19.2 Å². The number of urea groups is 1. The molecule has 8 nitrogen and oxygen atoms in total. The number of aryl methyl sites for hydroxylation is 1. The number of imide groups is 3. The number of carbonyl (C=O) groups excluding carboxylic acids is 5. The first-order valence-corrected chi connectivity index (χ1v) is 11.3. The zero-order valence-corrected chi connectivity index (χ0v) is 19.1. The Bertz CT molecular complexity index is 1290. The number of halogens is 1. The molecule has 3 aliphatic carbocycles. The summed E-state index contributed by atoms with van der Waals surface area (Å²) in [6.07, 6.45) is 3.30. The van der Waals surface area contributed by atoms with E-state index in [9.17, 15) is 29.1 Å². The summed E-state index contributed by atoms with van der Waals surface area (Å²) in [5.74, 6) is -5.03. The average Bonchev–Trinajstić information content (AvgIpc) is 3.03. The van der Waals surface area contributed by atoms with E-state index in [2.05, 4.69) is 15.9 Å². The summed E-state index contributed by atoms with van der Waals surface area (Å²) in [6, 6.07) is 4.04. The summed E-state index contributed by atoms with van der Waals surface area (Å²) in [7, 11) is 0. The van der Waals surface area contributed by atoms with E-state index in [1.165, 1.54) is 6.08 Å². The van der Waals surface area contributed by atoms with Crippen LogP contribution in [0.3, 0.4) is 0 Å². The lowest BCUT2D eigenvalue weighted by Crippen LogP contribution is -2.42. The zero-order valence-electron chi connectivity index (χ0n) is 17.5. The number of likely N-dealkylation sites (tertiary alicyclic amines) is 1. The lowest BCUT2D eigenvalue weighted by molar-refractivity contribution is -0.136. The predicted octanol–water partition coefficient (Wildman–Crippen LogP) is 2.54. The molecule has 4 atom stereocenters. The van der Waals surface area contributed by atoms with Crippen molar-refractivity contribution in [2.75, 3.05) is 0 Å². The SMILES string of the molecule is Cc1cccc(C2C3=CCC4C(=O)N(C(N)=O)C(=O)C4C3CC3=C2C(=O)C=C(Br)C3=O)c1O. The second-order valence-corrected chi connectivity index (χ2v) is 9.61. The van der Waals surface area contributed by atoms with Crippen molar-refractivity contribution < 1.29 is 29.1 Å². The van der Waals surface area contributed by atoms with Crippen molar-refractivity contribution >= 4 is 45.3 Å². The normalized spacial score (nSPS) is 28.8. The van der Waals surface area contributed by atoms with E-state index < -0.39 is 41.5 Å². The highest BCUT2D eigenvalue weighted by atomic mass is 79.9. The van der Waals surface area contributed by atoms with E-state index in [0.717, 1.165) is 0 Å². The fourth-order valence-electron chi connectivity index (χ4n) is 5.69. The first-order chi connectivity index (χ1) is 15.6. The van der Waals surface area contributed by atoms with Gasteiger partial charge in [-0.25, -0.2) is 4.79 Å². The number of phenolic OH excluding ortho intramolecular Hbond substituents is 1. The van der Waals surface area contributed by atoms with Gasteiger partial charge in [0.2, 0.25) is 11.8 Å². The van der Waals surface area contributed by atoms with Gasteiger partial charge in [0.1, 0.15) is 5.75 Å². The molecule has 5 rings (SSSR count). The van der Waals surface area contributed by atoms with Crippen LogP contribution in [0.25, 0.3) is 0 Å². The van der Waals surface area contributed by atoms with Gasteiger partial charge in [-0.05, 0) is 47.2 Å². The average molecular weight is 511 g/mol. The topological polar surface area (TPSA) is 135 Å². The van der Waals surface area contributed by atoms with Crippen LogP contribution in [0, 0.1) is 24.7 Å². The van der Waals surface area contributed by atoms with Gasteiger partial charge in [-0.15, -0.1) is 0 Å². The number of nitrogens with two attached hydrogens (primary N) is 1. The summed E-state index contributed by atoms with van der Waals surface area (Å²) in [5.41, 5.74) is 7.56. The molecule has 9 heteroatoms. The zero-order chi connectivity index (χ0) is 23.8. The maximum Gasteiger partial charge on any atom is 0.328 e. The van der Waals surface area contributed by atoms with Crippen molar-refractivity contribution in [2.24, 2.45) is 23.5 Å². The van der Waals surface area contributed by atoms with Crippen LogP contribution in [0.1, 0.15) is 29.9 Å². The van der Waals surface area contributed by atoms with Crippen molar-refractivity contribution in [3.05, 3.63) is 62.7 Å². The highest BCUT2D eigenvalue weighted by molar-refractivity contribution is 9.12. The molecule has 1 heterocycles. The van der Waals surface area contributed by atoms with Crippen LogP contribution in [0.2, 0.25) is 0 Å². The minimum absolute atomic E-state index is 0.000483. The number of phenols is 1. The summed E-state index contributed by atoms with van der Waals surface area (Å²) in [4.78, 5) is 64.3. The van der Waals surface area contributed by atoms with Crippen molar-refractivity contribution in [3.63, 3.8) is 0 Å². The van der Waals surface area contributed by atoms with E-state index in [-0.39, 0.29) is 45.8 Å². The van der Waals surface area contributed by atoms with Gasteiger partial charge < -0.3 is 10.8 Å². The number of ketones is 2. The molecule has 1 aromatic carbocycles. The standard InChI is InChI=1S/C24H19BrN2O6/c1-9-3-2-4-11(20(9)29)17-10-5-6-12-18(23(32)27(22(12)31)24(26)33)13(10)7-14-19(17)16(28)8-15(25)21(14)30/h2-5,8,12-13,17-18,29H,6-7H2,1H3,(H2,26,33). The minimum Gasteiger partial charge on any atom is -0.507 e. The number of hydrogen-bond acceptors (Lipinski definition) is 6. The van der Waals surface area contributed by atoms with Crippen LogP contribution >= 0.6 is 15.9 Å². The van der Waals surface area contributed by atoms with Crippen LogP contribution in [-0.4, -0.2) is 39.4 Å². The molecule has 168 valence electrons. The molecule has 4 aliphatic rings. The quantitative estimate of drug-likeness (QED) is 0.338. The number of benzene rings is 1. The lowest BCUT2D eigenvalue weighted by Gasteiger charge is -2.42. The summed E-state index contributed by atoms with van der Waals surface area (Å²) >= 11 is 3.15. The van der Waals surface area contributed by atoms with Gasteiger partial charge in [-0.1, -0.05) is 29.8 Å². The van der Waals surface area contributed by atoms with Crippen LogP contribution in [0.4, 0.5) is 4.79 Å². The highest BCUT2D eigenvalue weighted by Gasteiger charge is 2.57. The largest absolute Gasteiger partial charge is 0.507 e. The summed E-state index contributed by atoms with van der Waals surface area (Å²) < 4.78 is 0.117. The van der Waals surface area contributed by atoms with Gasteiger partial charge in [0.15, 0.2) is 11.6 Å². The van der Waals surface area contributed by atoms with E-state index in [1.54, 1.807) is 25.1 Å². The molecule has 0 spiro atoms. The van der Waals surface area contributed by atoms with E-state index in [1.807, 2.05) is 6.08 Å². The van der Waals surface area contributed by atoms with E-state index in [0.29, 0.717) is 21.6 Å². The maximum absolute atomic E-state index is 13.1. The molecule has 0 saturated carbocycles. The third-order valence-corrected chi connectivity index (χ3v) is 7.72. The van der Waals surface area contributed by atoms with Crippen LogP contribution in [0.5, 0.6) is 5.75 Å². The molecule has 0 aromatic heterocycles. The maximum atomic E-state index is 13.1. The number of carbonyl (C=O) groups is 5. The van der Waals surface area contributed by atoms with Crippen LogP contribution < -0.4 is 5.73 Å². The Morgan fingerprint density at radius 2 is 1.88 bits per heavy atom. The fraction of sp³-hybridized carbons (Fsp3) is 0.292. The van der Waals surface area contributed by atoms with Crippen LogP contribution in [0.15, 0.2) is 51.6 Å². The lowest BCUT2D eigenvalue weighted by atomic mass is 9.59.